The zero-order chi connectivity index (χ0) is 19.1. The van der Waals surface area contributed by atoms with Crippen molar-refractivity contribution >= 4 is 41.3 Å². The Morgan fingerprint density at radius 2 is 1.86 bits per heavy atom. The van der Waals surface area contributed by atoms with Crippen LogP contribution in [0.1, 0.15) is 18.9 Å². The van der Waals surface area contributed by atoms with E-state index < -0.39 is 4.92 Å². The molecule has 2 aromatic carbocycles. The summed E-state index contributed by atoms with van der Waals surface area (Å²) in [6.07, 6.45) is 0.858. The van der Waals surface area contributed by atoms with Gasteiger partial charge in [-0.25, -0.2) is 4.99 Å². The third-order valence-electron chi connectivity index (χ3n) is 3.92. The van der Waals surface area contributed by atoms with E-state index in [9.17, 15) is 10.1 Å². The summed E-state index contributed by atoms with van der Waals surface area (Å²) in [5, 5.41) is 17.2. The third-order valence-corrected chi connectivity index (χ3v) is 3.92. The quantitative estimate of drug-likeness (QED) is 0.213. The van der Waals surface area contributed by atoms with E-state index in [2.05, 4.69) is 15.6 Å². The lowest BCUT2D eigenvalue weighted by Gasteiger charge is -2.13. The number of anilines is 1. The first-order valence-electron chi connectivity index (χ1n) is 8.84. The van der Waals surface area contributed by atoms with E-state index in [0.717, 1.165) is 23.4 Å². The fourth-order valence-corrected chi connectivity index (χ4v) is 2.58. The van der Waals surface area contributed by atoms with E-state index in [1.807, 2.05) is 25.1 Å². The van der Waals surface area contributed by atoms with Gasteiger partial charge in [0.05, 0.1) is 24.7 Å². The van der Waals surface area contributed by atoms with Crippen LogP contribution in [0, 0.1) is 10.1 Å². The first-order chi connectivity index (χ1) is 13.2. The number of rotatable bonds is 5. The lowest BCUT2D eigenvalue weighted by Crippen LogP contribution is -2.30. The predicted molar refractivity (Wildman–Crippen MR) is 119 cm³/mol. The molecular weight excluding hydrogens is 475 g/mol. The zero-order valence-corrected chi connectivity index (χ0v) is 17.8. The summed E-state index contributed by atoms with van der Waals surface area (Å²) in [6, 6.07) is 12.1. The summed E-state index contributed by atoms with van der Waals surface area (Å²) >= 11 is 0. The van der Waals surface area contributed by atoms with Crippen LogP contribution in [0.5, 0.6) is 11.5 Å². The second-order valence-electron chi connectivity index (χ2n) is 5.96. The van der Waals surface area contributed by atoms with Crippen molar-refractivity contribution in [2.75, 3.05) is 25.1 Å². The highest BCUT2D eigenvalue weighted by atomic mass is 127. The molecule has 8 nitrogen and oxygen atoms in total. The third kappa shape index (κ3) is 5.98. The smallest absolute Gasteiger partial charge is 0.269 e. The maximum absolute atomic E-state index is 10.7. The van der Waals surface area contributed by atoms with Crippen molar-refractivity contribution in [3.05, 3.63) is 58.1 Å². The molecule has 0 aromatic heterocycles. The van der Waals surface area contributed by atoms with Gasteiger partial charge in [0.1, 0.15) is 0 Å². The summed E-state index contributed by atoms with van der Waals surface area (Å²) in [6.45, 7) is 4.37. The molecule has 2 aromatic rings. The molecule has 28 heavy (non-hydrogen) atoms. The van der Waals surface area contributed by atoms with E-state index in [1.54, 1.807) is 12.1 Å². The maximum atomic E-state index is 10.7. The number of halogens is 1. The summed E-state index contributed by atoms with van der Waals surface area (Å²) in [5.74, 6) is 2.07. The van der Waals surface area contributed by atoms with Crippen LogP contribution in [-0.2, 0) is 6.54 Å². The number of nitrogens with zero attached hydrogens (tertiary/aromatic N) is 2. The van der Waals surface area contributed by atoms with Gasteiger partial charge in [0.2, 0.25) is 0 Å². The number of hydrogen-bond donors (Lipinski definition) is 2. The van der Waals surface area contributed by atoms with Crippen LogP contribution in [0.4, 0.5) is 11.4 Å². The number of ether oxygens (including phenoxy) is 2. The molecule has 0 saturated heterocycles. The van der Waals surface area contributed by atoms with E-state index in [4.69, 9.17) is 9.47 Å². The van der Waals surface area contributed by atoms with Crippen LogP contribution in [0.15, 0.2) is 47.5 Å². The minimum Gasteiger partial charge on any atom is -0.490 e. The van der Waals surface area contributed by atoms with Crippen molar-refractivity contribution in [1.29, 1.82) is 0 Å². The van der Waals surface area contributed by atoms with Gasteiger partial charge >= 0.3 is 0 Å². The maximum Gasteiger partial charge on any atom is 0.269 e. The van der Waals surface area contributed by atoms with Crippen LogP contribution >= 0.6 is 24.0 Å². The number of hydrogen-bond acceptors (Lipinski definition) is 5. The molecule has 1 heterocycles. The first kappa shape index (κ1) is 21.7. The molecule has 0 spiro atoms. The van der Waals surface area contributed by atoms with Crippen LogP contribution < -0.4 is 20.1 Å². The number of nitrogens with one attached hydrogen (secondary N) is 2. The minimum atomic E-state index is -0.414. The zero-order valence-electron chi connectivity index (χ0n) is 15.5. The molecule has 9 heteroatoms. The number of non-ortho nitro benzene ring substituents is 1. The van der Waals surface area contributed by atoms with Gasteiger partial charge in [-0.15, -0.1) is 24.0 Å². The Morgan fingerprint density at radius 1 is 1.14 bits per heavy atom. The second kappa shape index (κ2) is 10.7. The monoisotopic (exact) mass is 498 g/mol. The van der Waals surface area contributed by atoms with Crippen molar-refractivity contribution in [1.82, 2.24) is 5.32 Å². The molecule has 1 aliphatic heterocycles. The minimum absolute atomic E-state index is 0. The van der Waals surface area contributed by atoms with Crippen molar-refractivity contribution in [3.8, 4) is 11.5 Å². The van der Waals surface area contributed by atoms with Gasteiger partial charge in [-0.2, -0.15) is 0 Å². The summed E-state index contributed by atoms with van der Waals surface area (Å²) in [4.78, 5) is 14.9. The molecule has 0 amide bonds. The Morgan fingerprint density at radius 3 is 2.54 bits per heavy atom. The average molecular weight is 498 g/mol. The van der Waals surface area contributed by atoms with E-state index >= 15 is 0 Å². The lowest BCUT2D eigenvalue weighted by atomic mass is 10.2. The topological polar surface area (TPSA) is 98.0 Å². The SMILES string of the molecule is CCNC(=NCc1ccc([N+](=O)[O-])cc1)Nc1ccc2c(c1)OCCCO2.I. The first-order valence-corrected chi connectivity index (χ1v) is 8.84. The Bertz CT molecular complexity index is 827. The number of nitro benzene ring substituents is 1. The molecule has 0 saturated carbocycles. The fraction of sp³-hybridized carbons (Fsp3) is 0.316. The Kier molecular flexibility index (Phi) is 8.30. The van der Waals surface area contributed by atoms with Gasteiger partial charge in [-0.1, -0.05) is 12.1 Å². The number of fused-ring (bicyclic) bond motifs is 1. The van der Waals surface area contributed by atoms with Gasteiger partial charge in [0, 0.05) is 36.9 Å². The Hall–Kier alpha value is -2.56. The molecule has 0 aliphatic carbocycles. The molecule has 0 atom stereocenters. The normalized spacial score (nSPS) is 13.1. The highest BCUT2D eigenvalue weighted by Gasteiger charge is 2.11. The second-order valence-corrected chi connectivity index (χ2v) is 5.96. The van der Waals surface area contributed by atoms with Crippen molar-refractivity contribution in [2.45, 2.75) is 19.9 Å². The van der Waals surface area contributed by atoms with Crippen LogP contribution in [0.3, 0.4) is 0 Å². The number of nitro groups is 1. The van der Waals surface area contributed by atoms with Crippen LogP contribution in [0.2, 0.25) is 0 Å². The van der Waals surface area contributed by atoms with Gasteiger partial charge in [-0.05, 0) is 24.6 Å². The van der Waals surface area contributed by atoms with Gasteiger partial charge in [0.15, 0.2) is 17.5 Å². The molecule has 0 unspecified atom stereocenters. The summed E-state index contributed by atoms with van der Waals surface area (Å²) < 4.78 is 11.4. The molecule has 0 radical (unpaired) electrons. The van der Waals surface area contributed by atoms with Crippen molar-refractivity contribution in [2.24, 2.45) is 4.99 Å². The molecule has 150 valence electrons. The van der Waals surface area contributed by atoms with Crippen LogP contribution in [-0.4, -0.2) is 30.6 Å². The van der Waals surface area contributed by atoms with Crippen molar-refractivity contribution < 1.29 is 14.4 Å². The van der Waals surface area contributed by atoms with E-state index in [-0.39, 0.29) is 29.7 Å². The average Bonchev–Trinajstić information content (AvgIpc) is 2.91. The molecule has 1 aliphatic rings. The fourth-order valence-electron chi connectivity index (χ4n) is 2.58. The molecule has 3 rings (SSSR count). The van der Waals surface area contributed by atoms with Gasteiger partial charge in [0.25, 0.3) is 5.69 Å². The highest BCUT2D eigenvalue weighted by molar-refractivity contribution is 14.0. The number of aliphatic imine (C=N–C) groups is 1. The summed E-state index contributed by atoms with van der Waals surface area (Å²) in [5.41, 5.74) is 1.79. The lowest BCUT2D eigenvalue weighted by molar-refractivity contribution is -0.384. The standard InChI is InChI=1S/C19H22N4O4.HI/c1-2-20-19(21-13-14-4-7-16(8-5-14)23(24)25)22-15-6-9-17-18(12-15)27-11-3-10-26-17;/h4-9,12H,2-3,10-11,13H2,1H3,(H2,20,21,22);1H. The van der Waals surface area contributed by atoms with E-state index in [1.165, 1.54) is 12.1 Å². The summed E-state index contributed by atoms with van der Waals surface area (Å²) in [7, 11) is 0. The van der Waals surface area contributed by atoms with E-state index in [0.29, 0.717) is 38.0 Å². The molecule has 0 bridgehead atoms. The predicted octanol–water partition coefficient (Wildman–Crippen LogP) is 3.95. The van der Waals surface area contributed by atoms with Crippen LogP contribution in [0.25, 0.3) is 0 Å². The number of benzene rings is 2. The molecule has 0 fully saturated rings. The van der Waals surface area contributed by atoms with Gasteiger partial charge in [-0.3, -0.25) is 10.1 Å². The molecular formula is C19H23IN4O4. The Balaban J connectivity index is 0.00000280. The molecule has 2 N–H and O–H groups in total. The number of guanidine groups is 1. The Labute approximate surface area is 180 Å². The van der Waals surface area contributed by atoms with Gasteiger partial charge < -0.3 is 20.1 Å². The van der Waals surface area contributed by atoms with Crippen molar-refractivity contribution in [3.63, 3.8) is 0 Å². The largest absolute Gasteiger partial charge is 0.490 e. The highest BCUT2D eigenvalue weighted by Crippen LogP contribution is 2.32.